The maximum Gasteiger partial charge on any atom is 0.254 e. The molecular formula is C21H26N2O3S. The molecule has 1 atom stereocenters. The summed E-state index contributed by atoms with van der Waals surface area (Å²) < 4.78 is 27.9. The Morgan fingerprint density at radius 1 is 1.11 bits per heavy atom. The van der Waals surface area contributed by atoms with Crippen molar-refractivity contribution in [3.05, 3.63) is 65.7 Å². The highest BCUT2D eigenvalue weighted by Gasteiger charge is 2.27. The van der Waals surface area contributed by atoms with Gasteiger partial charge in [-0.2, -0.15) is 0 Å². The molecule has 1 heterocycles. The van der Waals surface area contributed by atoms with Crippen molar-refractivity contribution in [2.75, 3.05) is 6.54 Å². The molecule has 2 aromatic rings. The van der Waals surface area contributed by atoms with E-state index in [0.29, 0.717) is 5.56 Å². The van der Waals surface area contributed by atoms with E-state index in [4.69, 9.17) is 0 Å². The maximum atomic E-state index is 12.9. The smallest absolute Gasteiger partial charge is 0.254 e. The third-order valence-corrected chi connectivity index (χ3v) is 6.46. The molecule has 6 heteroatoms. The molecule has 0 spiro atoms. The van der Waals surface area contributed by atoms with Crippen LogP contribution < -0.4 is 4.72 Å². The Labute approximate surface area is 161 Å². The second kappa shape index (κ2) is 8.67. The van der Waals surface area contributed by atoms with Gasteiger partial charge in [-0.15, -0.1) is 0 Å². The van der Waals surface area contributed by atoms with Gasteiger partial charge in [0.25, 0.3) is 5.91 Å². The first kappa shape index (κ1) is 19.6. The highest BCUT2D eigenvalue weighted by Crippen LogP contribution is 2.23. The number of nitrogens with zero attached hydrogens (tertiary/aromatic N) is 1. The molecular weight excluding hydrogens is 360 g/mol. The molecule has 5 nitrogen and oxygen atoms in total. The number of hydrogen-bond acceptors (Lipinski definition) is 3. The lowest BCUT2D eigenvalue weighted by Gasteiger charge is -2.35. The highest BCUT2D eigenvalue weighted by atomic mass is 32.2. The van der Waals surface area contributed by atoms with Gasteiger partial charge in [-0.25, -0.2) is 13.1 Å². The predicted molar refractivity (Wildman–Crippen MR) is 106 cm³/mol. The number of likely N-dealkylation sites (tertiary alicyclic amines) is 1. The molecule has 0 aromatic heterocycles. The van der Waals surface area contributed by atoms with E-state index in [2.05, 4.69) is 11.6 Å². The zero-order valence-corrected chi connectivity index (χ0v) is 16.4. The lowest BCUT2D eigenvalue weighted by atomic mass is 9.99. The van der Waals surface area contributed by atoms with Gasteiger partial charge in [0, 0.05) is 24.7 Å². The van der Waals surface area contributed by atoms with Crippen molar-refractivity contribution in [2.24, 2.45) is 0 Å². The van der Waals surface area contributed by atoms with Crippen molar-refractivity contribution in [2.45, 2.75) is 50.1 Å². The summed E-state index contributed by atoms with van der Waals surface area (Å²) in [6.07, 6.45) is 4.07. The summed E-state index contributed by atoms with van der Waals surface area (Å²) in [6.45, 7) is 3.04. The molecule has 3 rings (SSSR count). The number of sulfonamides is 1. The molecule has 1 aliphatic heterocycles. The van der Waals surface area contributed by atoms with Crippen molar-refractivity contribution in [1.82, 2.24) is 9.62 Å². The van der Waals surface area contributed by atoms with Crippen molar-refractivity contribution in [3.8, 4) is 0 Å². The second-order valence-corrected chi connectivity index (χ2v) is 8.66. The lowest BCUT2D eigenvalue weighted by Crippen LogP contribution is -2.43. The van der Waals surface area contributed by atoms with Gasteiger partial charge in [0.2, 0.25) is 10.0 Å². The van der Waals surface area contributed by atoms with Gasteiger partial charge in [-0.1, -0.05) is 43.3 Å². The van der Waals surface area contributed by atoms with E-state index in [1.54, 1.807) is 12.1 Å². The lowest BCUT2D eigenvalue weighted by molar-refractivity contribution is 0.0608. The number of amides is 1. The number of carbonyl (C=O) groups is 1. The summed E-state index contributed by atoms with van der Waals surface area (Å²) in [4.78, 5) is 15.0. The van der Waals surface area contributed by atoms with Crippen LogP contribution in [0.2, 0.25) is 0 Å². The average molecular weight is 387 g/mol. The molecule has 27 heavy (non-hydrogen) atoms. The summed E-state index contributed by atoms with van der Waals surface area (Å²) in [5, 5.41) is 0. The van der Waals surface area contributed by atoms with Crippen molar-refractivity contribution < 1.29 is 13.2 Å². The van der Waals surface area contributed by atoms with E-state index in [1.165, 1.54) is 12.1 Å². The van der Waals surface area contributed by atoms with Crippen LogP contribution in [0.15, 0.2) is 59.5 Å². The minimum absolute atomic E-state index is 0.0818. The summed E-state index contributed by atoms with van der Waals surface area (Å²) in [7, 11) is -3.69. The summed E-state index contributed by atoms with van der Waals surface area (Å²) in [5.74, 6) is -0.0818. The number of nitrogens with one attached hydrogen (secondary N) is 1. The first-order valence-electron chi connectivity index (χ1n) is 9.46. The first-order chi connectivity index (χ1) is 13.0. The molecule has 144 valence electrons. The van der Waals surface area contributed by atoms with Gasteiger partial charge in [-0.3, -0.25) is 4.79 Å². The third kappa shape index (κ3) is 4.76. The van der Waals surface area contributed by atoms with Gasteiger partial charge < -0.3 is 4.90 Å². The number of carbonyl (C=O) groups excluding carboxylic acids is 1. The monoisotopic (exact) mass is 386 g/mol. The Morgan fingerprint density at radius 3 is 2.63 bits per heavy atom. The van der Waals surface area contributed by atoms with Crippen LogP contribution >= 0.6 is 0 Å². The van der Waals surface area contributed by atoms with Crippen LogP contribution in [0.25, 0.3) is 0 Å². The number of piperidine rings is 1. The van der Waals surface area contributed by atoms with E-state index in [1.807, 2.05) is 35.2 Å². The van der Waals surface area contributed by atoms with Crippen LogP contribution in [0, 0.1) is 0 Å². The molecule has 1 amide bonds. The van der Waals surface area contributed by atoms with E-state index >= 15 is 0 Å². The normalized spacial score (nSPS) is 17.7. The molecule has 2 aromatic carbocycles. The topological polar surface area (TPSA) is 66.5 Å². The van der Waals surface area contributed by atoms with Crippen LogP contribution in [0.5, 0.6) is 0 Å². The van der Waals surface area contributed by atoms with E-state index in [9.17, 15) is 13.2 Å². The zero-order valence-electron chi connectivity index (χ0n) is 15.6. The Hall–Kier alpha value is -2.18. The molecule has 0 saturated carbocycles. The Bertz CT molecular complexity index is 881. The standard InChI is InChI=1S/C21H26N2O3S/c1-2-19-12-6-7-14-23(19)21(24)18-11-8-13-20(15-18)27(25,26)22-16-17-9-4-3-5-10-17/h3-5,8-11,13,15,19,22H,2,6-7,12,14,16H2,1H3. The molecule has 1 saturated heterocycles. The van der Waals surface area contributed by atoms with Gasteiger partial charge >= 0.3 is 0 Å². The van der Waals surface area contributed by atoms with E-state index < -0.39 is 10.0 Å². The zero-order chi connectivity index (χ0) is 19.3. The van der Waals surface area contributed by atoms with E-state index in [0.717, 1.165) is 37.8 Å². The van der Waals surface area contributed by atoms with Crippen LogP contribution in [-0.4, -0.2) is 31.8 Å². The molecule has 0 bridgehead atoms. The molecule has 0 aliphatic carbocycles. The van der Waals surface area contributed by atoms with Gasteiger partial charge in [-0.05, 0) is 49.4 Å². The van der Waals surface area contributed by atoms with E-state index in [-0.39, 0.29) is 23.4 Å². The number of hydrogen-bond donors (Lipinski definition) is 1. The van der Waals surface area contributed by atoms with Crippen LogP contribution in [0.4, 0.5) is 0 Å². The average Bonchev–Trinajstić information content (AvgIpc) is 2.72. The van der Waals surface area contributed by atoms with Gasteiger partial charge in [0.05, 0.1) is 4.90 Å². The predicted octanol–water partition coefficient (Wildman–Crippen LogP) is 3.57. The molecule has 1 N–H and O–H groups in total. The van der Waals surface area contributed by atoms with Crippen molar-refractivity contribution in [1.29, 1.82) is 0 Å². The van der Waals surface area contributed by atoms with Gasteiger partial charge in [0.1, 0.15) is 0 Å². The molecule has 1 aliphatic rings. The summed E-state index contributed by atoms with van der Waals surface area (Å²) in [6, 6.07) is 15.9. The molecule has 1 unspecified atom stereocenters. The third-order valence-electron chi connectivity index (χ3n) is 5.06. The van der Waals surface area contributed by atoms with Crippen molar-refractivity contribution in [3.63, 3.8) is 0 Å². The quantitative estimate of drug-likeness (QED) is 0.825. The Morgan fingerprint density at radius 2 is 1.89 bits per heavy atom. The maximum absolute atomic E-state index is 12.9. The fourth-order valence-electron chi connectivity index (χ4n) is 3.51. The fourth-order valence-corrected chi connectivity index (χ4v) is 4.58. The SMILES string of the molecule is CCC1CCCCN1C(=O)c1cccc(S(=O)(=O)NCc2ccccc2)c1. The fraction of sp³-hybridized carbons (Fsp3) is 0.381. The second-order valence-electron chi connectivity index (χ2n) is 6.89. The number of rotatable bonds is 6. The van der Waals surface area contributed by atoms with Crippen molar-refractivity contribution >= 4 is 15.9 Å². The van der Waals surface area contributed by atoms with Crippen LogP contribution in [0.1, 0.15) is 48.5 Å². The highest BCUT2D eigenvalue weighted by molar-refractivity contribution is 7.89. The Kier molecular flexibility index (Phi) is 6.29. The summed E-state index contributed by atoms with van der Waals surface area (Å²) >= 11 is 0. The largest absolute Gasteiger partial charge is 0.336 e. The minimum Gasteiger partial charge on any atom is -0.336 e. The van der Waals surface area contributed by atoms with Gasteiger partial charge in [0.15, 0.2) is 0 Å². The van der Waals surface area contributed by atoms with Crippen LogP contribution in [0.3, 0.4) is 0 Å². The molecule has 1 fully saturated rings. The first-order valence-corrected chi connectivity index (χ1v) is 10.9. The summed E-state index contributed by atoms with van der Waals surface area (Å²) in [5.41, 5.74) is 1.31. The minimum atomic E-state index is -3.69. The Balaban J connectivity index is 1.77. The molecule has 0 radical (unpaired) electrons. The van der Waals surface area contributed by atoms with Crippen LogP contribution in [-0.2, 0) is 16.6 Å². The number of benzene rings is 2.